The Balaban J connectivity index is 1.90. The molecule has 1 aliphatic carbocycles. The van der Waals surface area contributed by atoms with Crippen molar-refractivity contribution in [2.45, 2.75) is 30.0 Å². The second kappa shape index (κ2) is 6.72. The SMILES string of the molecule is Cn1nc(C2CCC(Br)C2)c(C(=O)Nc2ccc(F)c(Cl)c2)c1N. The molecule has 2 unspecified atom stereocenters. The number of nitrogens with two attached hydrogens (primary N) is 1. The molecule has 0 spiro atoms. The molecule has 128 valence electrons. The molecule has 0 saturated heterocycles. The molecule has 1 aromatic carbocycles. The van der Waals surface area contributed by atoms with E-state index in [1.165, 1.54) is 22.9 Å². The van der Waals surface area contributed by atoms with Gasteiger partial charge < -0.3 is 11.1 Å². The van der Waals surface area contributed by atoms with Gasteiger partial charge in [0, 0.05) is 23.5 Å². The predicted octanol–water partition coefficient (Wildman–Crippen LogP) is 4.08. The van der Waals surface area contributed by atoms with Gasteiger partial charge in [-0.3, -0.25) is 9.48 Å². The van der Waals surface area contributed by atoms with Gasteiger partial charge in [-0.1, -0.05) is 27.5 Å². The molecule has 3 N–H and O–H groups in total. The quantitative estimate of drug-likeness (QED) is 0.742. The number of nitrogens with zero attached hydrogens (tertiary/aromatic N) is 2. The number of benzene rings is 1. The third-order valence-corrected chi connectivity index (χ3v) is 5.40. The lowest BCUT2D eigenvalue weighted by Crippen LogP contribution is -2.16. The fourth-order valence-corrected chi connectivity index (χ4v) is 3.92. The fraction of sp³-hybridized carbons (Fsp3) is 0.375. The molecule has 1 fully saturated rings. The predicted molar refractivity (Wildman–Crippen MR) is 96.3 cm³/mol. The Bertz CT molecular complexity index is 795. The second-order valence-corrected chi connectivity index (χ2v) is 7.66. The first-order chi connectivity index (χ1) is 11.4. The van der Waals surface area contributed by atoms with E-state index in [2.05, 4.69) is 26.3 Å². The maximum atomic E-state index is 13.2. The van der Waals surface area contributed by atoms with E-state index < -0.39 is 5.82 Å². The lowest BCUT2D eigenvalue weighted by molar-refractivity contribution is 0.102. The van der Waals surface area contributed by atoms with Gasteiger partial charge >= 0.3 is 0 Å². The zero-order valence-corrected chi connectivity index (χ0v) is 15.4. The number of carbonyl (C=O) groups is 1. The van der Waals surface area contributed by atoms with E-state index >= 15 is 0 Å². The number of aryl methyl sites for hydroxylation is 1. The van der Waals surface area contributed by atoms with Crippen LogP contribution in [0, 0.1) is 5.82 Å². The van der Waals surface area contributed by atoms with Gasteiger partial charge in [-0.2, -0.15) is 5.10 Å². The zero-order valence-electron chi connectivity index (χ0n) is 13.0. The van der Waals surface area contributed by atoms with Crippen molar-refractivity contribution < 1.29 is 9.18 Å². The van der Waals surface area contributed by atoms with Crippen LogP contribution in [0.25, 0.3) is 0 Å². The van der Waals surface area contributed by atoms with Crippen LogP contribution in [0.5, 0.6) is 0 Å². The summed E-state index contributed by atoms with van der Waals surface area (Å²) in [6, 6.07) is 4.03. The highest BCUT2D eigenvalue weighted by molar-refractivity contribution is 9.09. The van der Waals surface area contributed by atoms with E-state index in [4.69, 9.17) is 17.3 Å². The van der Waals surface area contributed by atoms with Crippen LogP contribution in [0.2, 0.25) is 5.02 Å². The van der Waals surface area contributed by atoms with Gasteiger partial charge in [0.15, 0.2) is 0 Å². The van der Waals surface area contributed by atoms with Gasteiger partial charge in [0.2, 0.25) is 0 Å². The van der Waals surface area contributed by atoms with E-state index in [0.717, 1.165) is 19.3 Å². The Labute approximate surface area is 152 Å². The molecular formula is C16H17BrClFN4O. The van der Waals surface area contributed by atoms with Gasteiger partial charge in [0.25, 0.3) is 5.91 Å². The van der Waals surface area contributed by atoms with Crippen molar-refractivity contribution in [2.24, 2.45) is 7.05 Å². The number of nitrogen functional groups attached to an aromatic ring is 1. The maximum absolute atomic E-state index is 13.2. The standard InChI is InChI=1S/C16H17BrClFN4O/c1-23-15(20)13(14(22-23)8-2-3-9(17)6-8)16(24)21-10-4-5-12(19)11(18)7-10/h4-5,7-9H,2-3,6,20H2,1H3,(H,21,24). The number of halogens is 3. The number of anilines is 2. The average molecular weight is 416 g/mol. The molecule has 5 nitrogen and oxygen atoms in total. The van der Waals surface area contributed by atoms with Crippen LogP contribution in [-0.2, 0) is 7.05 Å². The topological polar surface area (TPSA) is 72.9 Å². The number of amides is 1. The van der Waals surface area contributed by atoms with Crippen molar-refractivity contribution in [3.05, 3.63) is 40.3 Å². The van der Waals surface area contributed by atoms with Crippen LogP contribution < -0.4 is 11.1 Å². The Morgan fingerprint density at radius 2 is 2.25 bits per heavy atom. The molecule has 8 heteroatoms. The Morgan fingerprint density at radius 1 is 1.50 bits per heavy atom. The minimum Gasteiger partial charge on any atom is -0.383 e. The van der Waals surface area contributed by atoms with Crippen molar-refractivity contribution in [2.75, 3.05) is 11.1 Å². The summed E-state index contributed by atoms with van der Waals surface area (Å²) in [5, 5.41) is 7.11. The molecule has 1 saturated carbocycles. The normalized spacial score (nSPS) is 20.3. The zero-order chi connectivity index (χ0) is 17.4. The number of alkyl halides is 1. The van der Waals surface area contributed by atoms with Gasteiger partial charge in [-0.05, 0) is 37.5 Å². The number of carbonyl (C=O) groups excluding carboxylic acids is 1. The largest absolute Gasteiger partial charge is 0.383 e. The van der Waals surface area contributed by atoms with Gasteiger partial charge in [0.05, 0.1) is 10.7 Å². The smallest absolute Gasteiger partial charge is 0.261 e. The first kappa shape index (κ1) is 17.2. The van der Waals surface area contributed by atoms with Crippen molar-refractivity contribution >= 4 is 44.9 Å². The van der Waals surface area contributed by atoms with Gasteiger partial charge in [-0.25, -0.2) is 4.39 Å². The number of hydrogen-bond donors (Lipinski definition) is 2. The maximum Gasteiger partial charge on any atom is 0.261 e. The monoisotopic (exact) mass is 414 g/mol. The Kier molecular flexibility index (Phi) is 4.83. The van der Waals surface area contributed by atoms with Crippen LogP contribution in [0.3, 0.4) is 0 Å². The number of nitrogens with one attached hydrogen (secondary N) is 1. The Hall–Kier alpha value is -1.60. The minimum atomic E-state index is -0.537. The summed E-state index contributed by atoms with van der Waals surface area (Å²) < 4.78 is 14.8. The molecule has 1 amide bonds. The highest BCUT2D eigenvalue weighted by atomic mass is 79.9. The summed E-state index contributed by atoms with van der Waals surface area (Å²) in [6.45, 7) is 0. The van der Waals surface area contributed by atoms with Crippen LogP contribution >= 0.6 is 27.5 Å². The summed E-state index contributed by atoms with van der Waals surface area (Å²) in [5.74, 6) is -0.397. The molecule has 2 atom stereocenters. The van der Waals surface area contributed by atoms with Gasteiger partial charge in [-0.15, -0.1) is 0 Å². The summed E-state index contributed by atoms with van der Waals surface area (Å²) in [5.41, 5.74) is 7.55. The lowest BCUT2D eigenvalue weighted by atomic mass is 9.99. The number of hydrogen-bond acceptors (Lipinski definition) is 3. The molecule has 3 rings (SSSR count). The molecule has 0 radical (unpaired) electrons. The molecule has 2 aromatic rings. The summed E-state index contributed by atoms with van der Waals surface area (Å²) in [4.78, 5) is 13.1. The highest BCUT2D eigenvalue weighted by Gasteiger charge is 2.32. The minimum absolute atomic E-state index is 0.0508. The van der Waals surface area contributed by atoms with E-state index in [9.17, 15) is 9.18 Å². The summed E-state index contributed by atoms with van der Waals surface area (Å²) in [6.07, 6.45) is 2.91. The lowest BCUT2D eigenvalue weighted by Gasteiger charge is -2.10. The molecule has 0 aliphatic heterocycles. The van der Waals surface area contributed by atoms with Gasteiger partial charge in [0.1, 0.15) is 17.2 Å². The van der Waals surface area contributed by atoms with Crippen LogP contribution in [-0.4, -0.2) is 20.5 Å². The van der Waals surface area contributed by atoms with E-state index in [0.29, 0.717) is 27.6 Å². The molecule has 1 heterocycles. The molecular weight excluding hydrogens is 399 g/mol. The number of rotatable bonds is 3. The molecule has 1 aromatic heterocycles. The molecule has 24 heavy (non-hydrogen) atoms. The van der Waals surface area contributed by atoms with Crippen LogP contribution in [0.15, 0.2) is 18.2 Å². The average Bonchev–Trinajstić information content (AvgIpc) is 3.07. The van der Waals surface area contributed by atoms with Crippen LogP contribution in [0.1, 0.15) is 41.2 Å². The third kappa shape index (κ3) is 3.28. The van der Waals surface area contributed by atoms with E-state index in [1.54, 1.807) is 7.05 Å². The highest BCUT2D eigenvalue weighted by Crippen LogP contribution is 2.40. The Morgan fingerprint density at radius 3 is 2.88 bits per heavy atom. The second-order valence-electron chi connectivity index (χ2n) is 5.96. The summed E-state index contributed by atoms with van der Waals surface area (Å²) >= 11 is 9.37. The van der Waals surface area contributed by atoms with Crippen molar-refractivity contribution in [3.8, 4) is 0 Å². The van der Waals surface area contributed by atoms with Crippen molar-refractivity contribution in [1.29, 1.82) is 0 Å². The van der Waals surface area contributed by atoms with Crippen LogP contribution in [0.4, 0.5) is 15.9 Å². The number of aromatic nitrogens is 2. The third-order valence-electron chi connectivity index (χ3n) is 4.28. The fourth-order valence-electron chi connectivity index (χ4n) is 3.02. The van der Waals surface area contributed by atoms with E-state index in [1.807, 2.05) is 0 Å². The first-order valence-electron chi connectivity index (χ1n) is 7.59. The molecule has 0 bridgehead atoms. The summed E-state index contributed by atoms with van der Waals surface area (Å²) in [7, 11) is 1.71. The first-order valence-corrected chi connectivity index (χ1v) is 8.89. The molecule has 1 aliphatic rings. The van der Waals surface area contributed by atoms with Crippen molar-refractivity contribution in [1.82, 2.24) is 9.78 Å². The van der Waals surface area contributed by atoms with E-state index in [-0.39, 0.29) is 16.8 Å². The van der Waals surface area contributed by atoms with Crippen molar-refractivity contribution in [3.63, 3.8) is 0 Å².